The molecule has 2 heterocycles. The summed E-state index contributed by atoms with van der Waals surface area (Å²) < 4.78 is 0. The Bertz CT molecular complexity index is 1060. The molecule has 3 aromatic rings. The highest BCUT2D eigenvalue weighted by molar-refractivity contribution is 6.30. The molecule has 1 aliphatic heterocycles. The average Bonchev–Trinajstić information content (AvgIpc) is 2.78. The number of aromatic nitrogens is 2. The molecule has 1 amide bonds. The van der Waals surface area contributed by atoms with Gasteiger partial charge in [-0.3, -0.25) is 4.79 Å². The van der Waals surface area contributed by atoms with Gasteiger partial charge in [0.1, 0.15) is 0 Å². The number of carbonyl (C=O) groups is 1. The molecule has 0 unspecified atom stereocenters. The highest BCUT2D eigenvalue weighted by atomic mass is 35.5. The van der Waals surface area contributed by atoms with Crippen molar-refractivity contribution in [1.29, 1.82) is 0 Å². The summed E-state index contributed by atoms with van der Waals surface area (Å²) >= 11 is 6.15. The molecule has 1 aromatic heterocycles. The second kappa shape index (κ2) is 9.52. The number of nitrogens with zero attached hydrogens (tertiary/aromatic N) is 4. The van der Waals surface area contributed by atoms with Crippen molar-refractivity contribution in [3.63, 3.8) is 0 Å². The van der Waals surface area contributed by atoms with Crippen LogP contribution in [0.2, 0.25) is 5.02 Å². The molecule has 7 heteroatoms. The van der Waals surface area contributed by atoms with Gasteiger partial charge in [-0.2, -0.15) is 0 Å². The van der Waals surface area contributed by atoms with E-state index >= 15 is 0 Å². The number of carbonyl (C=O) groups excluding carboxylic acids is 1. The number of amides is 1. The van der Waals surface area contributed by atoms with E-state index in [1.165, 1.54) is 0 Å². The van der Waals surface area contributed by atoms with Crippen molar-refractivity contribution in [1.82, 2.24) is 15.5 Å². The van der Waals surface area contributed by atoms with Crippen LogP contribution < -0.4 is 15.1 Å². The summed E-state index contributed by atoms with van der Waals surface area (Å²) in [6, 6.07) is 15.9. The normalized spacial score (nSPS) is 14.3. The molecule has 6 nitrogen and oxygen atoms in total. The van der Waals surface area contributed by atoms with Gasteiger partial charge in [0.15, 0.2) is 11.5 Å². The van der Waals surface area contributed by atoms with Crippen LogP contribution in [-0.4, -0.2) is 48.8 Å². The summed E-state index contributed by atoms with van der Waals surface area (Å²) in [5, 5.41) is 14.3. The van der Waals surface area contributed by atoms with E-state index in [1.54, 1.807) is 0 Å². The maximum Gasteiger partial charge on any atom is 0.272 e. The fraction of sp³-hybridized carbons (Fsp3) is 0.375. The van der Waals surface area contributed by atoms with Gasteiger partial charge in [0.2, 0.25) is 0 Å². The summed E-state index contributed by atoms with van der Waals surface area (Å²) in [5.41, 5.74) is 1.53. The number of benzene rings is 2. The number of rotatable bonds is 6. The molecule has 1 saturated heterocycles. The quantitative estimate of drug-likeness (QED) is 0.619. The summed E-state index contributed by atoms with van der Waals surface area (Å²) in [6.45, 7) is 8.31. The van der Waals surface area contributed by atoms with Gasteiger partial charge < -0.3 is 15.1 Å². The zero-order valence-electron chi connectivity index (χ0n) is 18.0. The molecule has 0 atom stereocenters. The van der Waals surface area contributed by atoms with Crippen LogP contribution >= 0.6 is 11.6 Å². The van der Waals surface area contributed by atoms with Crippen LogP contribution in [0.25, 0.3) is 10.8 Å². The summed E-state index contributed by atoms with van der Waals surface area (Å²) in [5.74, 6) is 1.21. The maximum atomic E-state index is 12.7. The highest BCUT2D eigenvalue weighted by Crippen LogP contribution is 2.28. The molecular weight excluding hydrogens is 410 g/mol. The zero-order valence-corrected chi connectivity index (χ0v) is 18.8. The van der Waals surface area contributed by atoms with E-state index in [4.69, 9.17) is 11.6 Å². The van der Waals surface area contributed by atoms with Crippen molar-refractivity contribution in [3.05, 3.63) is 59.2 Å². The molecule has 0 spiro atoms. The molecule has 162 valence electrons. The molecule has 4 rings (SSSR count). The summed E-state index contributed by atoms with van der Waals surface area (Å²) in [7, 11) is 0. The minimum atomic E-state index is -0.165. The lowest BCUT2D eigenvalue weighted by Gasteiger charge is -2.37. The fourth-order valence-electron chi connectivity index (χ4n) is 3.90. The third-order valence-corrected chi connectivity index (χ3v) is 5.88. The molecule has 0 bridgehead atoms. The van der Waals surface area contributed by atoms with Crippen LogP contribution in [0.3, 0.4) is 0 Å². The van der Waals surface area contributed by atoms with Crippen LogP contribution in [-0.2, 0) is 0 Å². The molecular formula is C24H28ClN5O. The average molecular weight is 438 g/mol. The van der Waals surface area contributed by atoms with Crippen LogP contribution in [0.5, 0.6) is 0 Å². The van der Waals surface area contributed by atoms with E-state index in [0.717, 1.165) is 59.9 Å². The number of hydrogen-bond acceptors (Lipinski definition) is 5. The first kappa shape index (κ1) is 21.4. The lowest BCUT2D eigenvalue weighted by Crippen LogP contribution is -2.47. The monoisotopic (exact) mass is 437 g/mol. The van der Waals surface area contributed by atoms with Crippen molar-refractivity contribution in [2.45, 2.75) is 20.3 Å². The number of hydrogen-bond donors (Lipinski definition) is 1. The number of anilines is 2. The predicted octanol–water partition coefficient (Wildman–Crippen LogP) is 4.39. The SMILES string of the molecule is CC(C)CCNC(=O)c1nnc(N2CCN(c3cccc(Cl)c3)CC2)c2ccccc12. The Balaban J connectivity index is 1.52. The Labute approximate surface area is 188 Å². The Morgan fingerprint density at radius 2 is 1.71 bits per heavy atom. The van der Waals surface area contributed by atoms with Crippen molar-refractivity contribution < 1.29 is 4.79 Å². The molecule has 0 aliphatic carbocycles. The molecule has 0 saturated carbocycles. The summed E-state index contributed by atoms with van der Waals surface area (Å²) in [6.07, 6.45) is 0.937. The van der Waals surface area contributed by atoms with Gasteiger partial charge in [-0.1, -0.05) is 55.8 Å². The van der Waals surface area contributed by atoms with Gasteiger partial charge in [-0.05, 0) is 30.5 Å². The lowest BCUT2D eigenvalue weighted by atomic mass is 10.1. The zero-order chi connectivity index (χ0) is 21.8. The third-order valence-electron chi connectivity index (χ3n) is 5.64. The van der Waals surface area contributed by atoms with E-state index in [9.17, 15) is 4.79 Å². The van der Waals surface area contributed by atoms with Crippen molar-refractivity contribution in [2.75, 3.05) is 42.5 Å². The highest BCUT2D eigenvalue weighted by Gasteiger charge is 2.23. The molecule has 1 N–H and O–H groups in total. The van der Waals surface area contributed by atoms with Gasteiger partial charge in [-0.25, -0.2) is 0 Å². The molecule has 31 heavy (non-hydrogen) atoms. The minimum absolute atomic E-state index is 0.165. The molecule has 0 radical (unpaired) electrons. The third kappa shape index (κ3) is 4.90. The molecule has 1 fully saturated rings. The minimum Gasteiger partial charge on any atom is -0.368 e. The van der Waals surface area contributed by atoms with Gasteiger partial charge in [0.05, 0.1) is 0 Å². The van der Waals surface area contributed by atoms with E-state index in [2.05, 4.69) is 45.2 Å². The van der Waals surface area contributed by atoms with Gasteiger partial charge in [0.25, 0.3) is 5.91 Å². The maximum absolute atomic E-state index is 12.7. The number of halogens is 1. The first-order valence-electron chi connectivity index (χ1n) is 10.8. The number of nitrogens with one attached hydrogen (secondary N) is 1. The van der Waals surface area contributed by atoms with Crippen molar-refractivity contribution in [3.8, 4) is 0 Å². The summed E-state index contributed by atoms with van der Waals surface area (Å²) in [4.78, 5) is 17.3. The Morgan fingerprint density at radius 1 is 1.00 bits per heavy atom. The number of fused-ring (bicyclic) bond motifs is 1. The van der Waals surface area contributed by atoms with Crippen molar-refractivity contribution in [2.24, 2.45) is 5.92 Å². The van der Waals surface area contributed by atoms with Crippen LogP contribution in [0.4, 0.5) is 11.5 Å². The standard InChI is InChI=1S/C24H28ClN5O/c1-17(2)10-11-26-24(31)22-20-8-3-4-9-21(20)23(28-27-22)30-14-12-29(13-15-30)19-7-5-6-18(25)16-19/h3-9,16-17H,10-15H2,1-2H3,(H,26,31). The topological polar surface area (TPSA) is 61.4 Å². The van der Waals surface area contributed by atoms with E-state index in [-0.39, 0.29) is 5.91 Å². The van der Waals surface area contributed by atoms with Crippen LogP contribution in [0.15, 0.2) is 48.5 Å². The fourth-order valence-corrected chi connectivity index (χ4v) is 4.08. The lowest BCUT2D eigenvalue weighted by molar-refractivity contribution is 0.0948. The van der Waals surface area contributed by atoms with Crippen molar-refractivity contribution >= 4 is 39.8 Å². The predicted molar refractivity (Wildman–Crippen MR) is 127 cm³/mol. The van der Waals surface area contributed by atoms with E-state index in [1.807, 2.05) is 42.5 Å². The Kier molecular flexibility index (Phi) is 6.56. The first-order valence-corrected chi connectivity index (χ1v) is 11.2. The van der Waals surface area contributed by atoms with Crippen LogP contribution in [0, 0.1) is 5.92 Å². The van der Waals surface area contributed by atoms with Crippen LogP contribution in [0.1, 0.15) is 30.8 Å². The second-order valence-electron chi connectivity index (χ2n) is 8.31. The molecule has 1 aliphatic rings. The van der Waals surface area contributed by atoms with Gasteiger partial charge in [0, 0.05) is 54.2 Å². The van der Waals surface area contributed by atoms with E-state index < -0.39 is 0 Å². The molecule has 2 aromatic carbocycles. The Morgan fingerprint density at radius 3 is 2.42 bits per heavy atom. The van der Waals surface area contributed by atoms with Gasteiger partial charge in [-0.15, -0.1) is 10.2 Å². The van der Waals surface area contributed by atoms with E-state index in [0.29, 0.717) is 18.2 Å². The number of piperazine rings is 1. The largest absolute Gasteiger partial charge is 0.368 e. The second-order valence-corrected chi connectivity index (χ2v) is 8.75. The first-order chi connectivity index (χ1) is 15.0. The Hall–Kier alpha value is -2.86. The van der Waals surface area contributed by atoms with Gasteiger partial charge >= 0.3 is 0 Å². The smallest absolute Gasteiger partial charge is 0.272 e.